The zero-order valence-electron chi connectivity index (χ0n) is 12.8. The number of nitrogens with zero attached hydrogens (tertiary/aromatic N) is 2. The molecule has 2 rings (SSSR count). The third-order valence-electron chi connectivity index (χ3n) is 3.40. The molecular formula is C16H20ClN3O. The number of nitrogens with one attached hydrogen (secondary N) is 1. The summed E-state index contributed by atoms with van der Waals surface area (Å²) in [7, 11) is 0. The van der Waals surface area contributed by atoms with Gasteiger partial charge in [0.05, 0.1) is 11.7 Å². The van der Waals surface area contributed by atoms with Crippen LogP contribution in [0, 0.1) is 20.8 Å². The predicted molar refractivity (Wildman–Crippen MR) is 85.8 cm³/mol. The number of benzene rings is 1. The molecular weight excluding hydrogens is 286 g/mol. The number of carbonyl (C=O) groups excluding carboxylic acids is 1. The SMILES string of the molecule is Cc1cc(C)n(C(C)CC(=O)Nc2ccc(C)c(Cl)c2)n1. The van der Waals surface area contributed by atoms with Gasteiger partial charge in [0.1, 0.15) is 0 Å². The minimum absolute atomic E-state index is 0.0135. The molecule has 0 aliphatic rings. The van der Waals surface area contributed by atoms with Gasteiger partial charge < -0.3 is 5.32 Å². The smallest absolute Gasteiger partial charge is 0.226 e. The van der Waals surface area contributed by atoms with Crippen molar-refractivity contribution in [1.82, 2.24) is 9.78 Å². The van der Waals surface area contributed by atoms with Crippen LogP contribution in [0.3, 0.4) is 0 Å². The Kier molecular flexibility index (Phi) is 4.68. The van der Waals surface area contributed by atoms with E-state index in [1.54, 1.807) is 6.07 Å². The Morgan fingerprint density at radius 3 is 2.62 bits per heavy atom. The molecule has 1 heterocycles. The lowest BCUT2D eigenvalue weighted by Crippen LogP contribution is -2.19. The zero-order valence-corrected chi connectivity index (χ0v) is 13.5. The van der Waals surface area contributed by atoms with Gasteiger partial charge in [0.25, 0.3) is 0 Å². The summed E-state index contributed by atoms with van der Waals surface area (Å²) in [4.78, 5) is 12.1. The van der Waals surface area contributed by atoms with Crippen molar-refractivity contribution in [2.24, 2.45) is 0 Å². The summed E-state index contributed by atoms with van der Waals surface area (Å²) in [5, 5.41) is 7.94. The standard InChI is InChI=1S/C16H20ClN3O/c1-10-5-6-14(9-15(10)17)18-16(21)8-13(4)20-12(3)7-11(2)19-20/h5-7,9,13H,8H2,1-4H3,(H,18,21). The molecule has 1 aromatic heterocycles. The van der Waals surface area contributed by atoms with Gasteiger partial charge in [0, 0.05) is 22.8 Å². The second kappa shape index (κ2) is 6.31. The highest BCUT2D eigenvalue weighted by atomic mass is 35.5. The number of hydrogen-bond acceptors (Lipinski definition) is 2. The second-order valence-corrected chi connectivity index (χ2v) is 5.84. The Bertz CT molecular complexity index is 664. The highest BCUT2D eigenvalue weighted by Gasteiger charge is 2.14. The molecule has 4 nitrogen and oxygen atoms in total. The number of halogens is 1. The number of aryl methyl sites for hydroxylation is 3. The lowest BCUT2D eigenvalue weighted by molar-refractivity contribution is -0.116. The molecule has 1 atom stereocenters. The van der Waals surface area contributed by atoms with E-state index in [-0.39, 0.29) is 11.9 Å². The summed E-state index contributed by atoms with van der Waals surface area (Å²) in [6, 6.07) is 7.53. The highest BCUT2D eigenvalue weighted by Crippen LogP contribution is 2.21. The van der Waals surface area contributed by atoms with Crippen molar-refractivity contribution >= 4 is 23.2 Å². The van der Waals surface area contributed by atoms with Crippen LogP contribution in [0.2, 0.25) is 5.02 Å². The molecule has 1 unspecified atom stereocenters. The third-order valence-corrected chi connectivity index (χ3v) is 3.81. The first-order valence-electron chi connectivity index (χ1n) is 6.95. The van der Waals surface area contributed by atoms with E-state index in [0.717, 1.165) is 22.6 Å². The van der Waals surface area contributed by atoms with Crippen molar-refractivity contribution in [3.05, 3.63) is 46.2 Å². The molecule has 112 valence electrons. The first-order chi connectivity index (χ1) is 9.86. The molecule has 2 aromatic rings. The van der Waals surface area contributed by atoms with Crippen LogP contribution in [-0.4, -0.2) is 15.7 Å². The van der Waals surface area contributed by atoms with Gasteiger partial charge in [-0.3, -0.25) is 9.48 Å². The van der Waals surface area contributed by atoms with E-state index in [2.05, 4.69) is 10.4 Å². The lowest BCUT2D eigenvalue weighted by Gasteiger charge is -2.14. The first-order valence-corrected chi connectivity index (χ1v) is 7.33. The Morgan fingerprint density at radius 1 is 1.33 bits per heavy atom. The Hall–Kier alpha value is -1.81. The van der Waals surface area contributed by atoms with Crippen LogP contribution >= 0.6 is 11.6 Å². The van der Waals surface area contributed by atoms with Crippen molar-refractivity contribution in [2.45, 2.75) is 40.2 Å². The van der Waals surface area contributed by atoms with E-state index in [4.69, 9.17) is 11.6 Å². The number of hydrogen-bond donors (Lipinski definition) is 1. The summed E-state index contributed by atoms with van der Waals surface area (Å²) < 4.78 is 1.89. The van der Waals surface area contributed by atoms with E-state index in [1.807, 2.05) is 50.6 Å². The molecule has 0 fully saturated rings. The first kappa shape index (κ1) is 15.6. The number of anilines is 1. The molecule has 0 spiro atoms. The number of rotatable bonds is 4. The van der Waals surface area contributed by atoms with Crippen LogP contribution in [-0.2, 0) is 4.79 Å². The van der Waals surface area contributed by atoms with Gasteiger partial charge in [-0.25, -0.2) is 0 Å². The van der Waals surface area contributed by atoms with Crippen molar-refractivity contribution in [3.63, 3.8) is 0 Å². The fourth-order valence-corrected chi connectivity index (χ4v) is 2.51. The average Bonchev–Trinajstić information content (AvgIpc) is 2.73. The van der Waals surface area contributed by atoms with E-state index in [0.29, 0.717) is 11.4 Å². The molecule has 1 N–H and O–H groups in total. The van der Waals surface area contributed by atoms with Crippen molar-refractivity contribution in [1.29, 1.82) is 0 Å². The molecule has 1 amide bonds. The van der Waals surface area contributed by atoms with E-state index < -0.39 is 0 Å². The van der Waals surface area contributed by atoms with Gasteiger partial charge >= 0.3 is 0 Å². The van der Waals surface area contributed by atoms with Crippen LogP contribution in [0.1, 0.15) is 36.3 Å². The van der Waals surface area contributed by atoms with E-state index >= 15 is 0 Å². The van der Waals surface area contributed by atoms with Gasteiger partial charge in [-0.05, 0) is 51.5 Å². The summed E-state index contributed by atoms with van der Waals surface area (Å²) in [6.45, 7) is 7.86. The summed E-state index contributed by atoms with van der Waals surface area (Å²) in [5.74, 6) is -0.0463. The maximum atomic E-state index is 12.1. The number of amides is 1. The second-order valence-electron chi connectivity index (χ2n) is 5.44. The third kappa shape index (κ3) is 3.85. The van der Waals surface area contributed by atoms with E-state index in [9.17, 15) is 4.79 Å². The van der Waals surface area contributed by atoms with Gasteiger partial charge in [-0.2, -0.15) is 5.10 Å². The van der Waals surface area contributed by atoms with Gasteiger partial charge in [0.15, 0.2) is 0 Å². The van der Waals surface area contributed by atoms with Crippen molar-refractivity contribution in [2.75, 3.05) is 5.32 Å². The number of carbonyl (C=O) groups is 1. The van der Waals surface area contributed by atoms with Crippen LogP contribution in [0.25, 0.3) is 0 Å². The Balaban J connectivity index is 2.01. The highest BCUT2D eigenvalue weighted by molar-refractivity contribution is 6.31. The molecule has 21 heavy (non-hydrogen) atoms. The van der Waals surface area contributed by atoms with Crippen LogP contribution < -0.4 is 5.32 Å². The lowest BCUT2D eigenvalue weighted by atomic mass is 10.2. The van der Waals surface area contributed by atoms with Crippen LogP contribution in [0.4, 0.5) is 5.69 Å². The van der Waals surface area contributed by atoms with E-state index in [1.165, 1.54) is 0 Å². The van der Waals surface area contributed by atoms with Crippen molar-refractivity contribution < 1.29 is 4.79 Å². The predicted octanol–water partition coefficient (Wildman–Crippen LogP) is 4.05. The normalized spacial score (nSPS) is 12.2. The zero-order chi connectivity index (χ0) is 15.6. The fourth-order valence-electron chi connectivity index (χ4n) is 2.33. The monoisotopic (exact) mass is 305 g/mol. The molecule has 1 aromatic carbocycles. The Morgan fingerprint density at radius 2 is 2.05 bits per heavy atom. The number of aromatic nitrogens is 2. The van der Waals surface area contributed by atoms with Crippen LogP contribution in [0.5, 0.6) is 0 Å². The molecule has 0 aliphatic heterocycles. The topological polar surface area (TPSA) is 46.9 Å². The van der Waals surface area contributed by atoms with Gasteiger partial charge in [-0.1, -0.05) is 17.7 Å². The fraction of sp³-hybridized carbons (Fsp3) is 0.375. The Labute approximate surface area is 130 Å². The largest absolute Gasteiger partial charge is 0.326 e. The summed E-state index contributed by atoms with van der Waals surface area (Å²) in [6.07, 6.45) is 0.369. The molecule has 0 bridgehead atoms. The summed E-state index contributed by atoms with van der Waals surface area (Å²) >= 11 is 6.06. The molecule has 0 saturated carbocycles. The van der Waals surface area contributed by atoms with Crippen LogP contribution in [0.15, 0.2) is 24.3 Å². The minimum Gasteiger partial charge on any atom is -0.326 e. The van der Waals surface area contributed by atoms with Gasteiger partial charge in [-0.15, -0.1) is 0 Å². The molecule has 0 saturated heterocycles. The summed E-state index contributed by atoms with van der Waals surface area (Å²) in [5.41, 5.74) is 3.73. The molecule has 5 heteroatoms. The molecule has 0 radical (unpaired) electrons. The quantitative estimate of drug-likeness (QED) is 0.926. The maximum Gasteiger partial charge on any atom is 0.226 e. The molecule has 0 aliphatic carbocycles. The van der Waals surface area contributed by atoms with Crippen molar-refractivity contribution in [3.8, 4) is 0 Å². The van der Waals surface area contributed by atoms with Gasteiger partial charge in [0.2, 0.25) is 5.91 Å². The maximum absolute atomic E-state index is 12.1. The minimum atomic E-state index is -0.0463. The average molecular weight is 306 g/mol.